The average molecular weight is 355 g/mol. The van der Waals surface area contributed by atoms with E-state index in [9.17, 15) is 13.2 Å². The first-order chi connectivity index (χ1) is 11.8. The molecule has 25 heavy (non-hydrogen) atoms. The van der Waals surface area contributed by atoms with Crippen molar-refractivity contribution in [3.8, 4) is 0 Å². The largest absolute Gasteiger partial charge is 0.280 e. The molecule has 0 radical (unpaired) electrons. The van der Waals surface area contributed by atoms with Gasteiger partial charge in [-0.25, -0.2) is 13.6 Å². The van der Waals surface area contributed by atoms with Gasteiger partial charge in [-0.1, -0.05) is 29.8 Å². The minimum Gasteiger partial charge on any atom is -0.267 e. The van der Waals surface area contributed by atoms with Gasteiger partial charge >= 0.3 is 0 Å². The molecule has 7 heteroatoms. The number of primary sulfonamides is 1. The molecule has 0 fully saturated rings. The molecule has 2 aromatic carbocycles. The zero-order valence-electron chi connectivity index (χ0n) is 13.8. The van der Waals surface area contributed by atoms with Gasteiger partial charge < -0.3 is 0 Å². The number of carbonyl (C=O) groups excluding carboxylic acids is 1. The van der Waals surface area contributed by atoms with Crippen LogP contribution in [-0.4, -0.2) is 20.0 Å². The van der Waals surface area contributed by atoms with E-state index in [0.717, 1.165) is 11.1 Å². The average Bonchev–Trinajstić information content (AvgIpc) is 2.84. The van der Waals surface area contributed by atoms with Crippen LogP contribution in [0.3, 0.4) is 0 Å². The molecule has 1 aliphatic rings. The molecule has 0 spiro atoms. The summed E-state index contributed by atoms with van der Waals surface area (Å²) in [6, 6.07) is 13.5. The van der Waals surface area contributed by atoms with Crippen molar-refractivity contribution in [3.63, 3.8) is 0 Å². The molecule has 128 valence electrons. The third kappa shape index (κ3) is 3.52. The van der Waals surface area contributed by atoms with E-state index in [0.29, 0.717) is 17.0 Å². The Balaban J connectivity index is 1.91. The summed E-state index contributed by atoms with van der Waals surface area (Å²) >= 11 is 0. The standard InChI is InChI=1S/C18H17N3O3S/c1-12-3-5-14(6-4-12)11-17-13(2)20-21(18(17)22)15-7-9-16(10-8-15)25(19,23)24/h3-11H,1-2H3,(H2,19,23,24)/b17-11-. The number of benzene rings is 2. The van der Waals surface area contributed by atoms with Crippen LogP contribution < -0.4 is 10.1 Å². The van der Waals surface area contributed by atoms with Crippen molar-refractivity contribution in [3.05, 3.63) is 65.2 Å². The number of nitrogens with two attached hydrogens (primary N) is 1. The second kappa shape index (κ2) is 6.27. The molecule has 0 unspecified atom stereocenters. The maximum absolute atomic E-state index is 12.7. The highest BCUT2D eigenvalue weighted by molar-refractivity contribution is 7.89. The Morgan fingerprint density at radius 3 is 2.16 bits per heavy atom. The molecular formula is C18H17N3O3S. The number of hydrazone groups is 1. The van der Waals surface area contributed by atoms with Crippen LogP contribution in [0, 0.1) is 6.92 Å². The summed E-state index contributed by atoms with van der Waals surface area (Å²) in [4.78, 5) is 12.7. The number of sulfonamides is 1. The number of aryl methyl sites for hydroxylation is 1. The first-order valence-corrected chi connectivity index (χ1v) is 9.11. The SMILES string of the molecule is CC1=NN(c2ccc(S(N)(=O)=O)cc2)C(=O)/C1=C\c1ccc(C)cc1. The van der Waals surface area contributed by atoms with Gasteiger partial charge in [-0.05, 0) is 49.8 Å². The van der Waals surface area contributed by atoms with Crippen molar-refractivity contribution in [1.29, 1.82) is 0 Å². The first kappa shape index (κ1) is 17.1. The van der Waals surface area contributed by atoms with E-state index in [1.807, 2.05) is 31.2 Å². The lowest BCUT2D eigenvalue weighted by atomic mass is 10.1. The zero-order valence-corrected chi connectivity index (χ0v) is 14.6. The van der Waals surface area contributed by atoms with Crippen molar-refractivity contribution < 1.29 is 13.2 Å². The lowest BCUT2D eigenvalue weighted by molar-refractivity contribution is -0.114. The van der Waals surface area contributed by atoms with Crippen LogP contribution >= 0.6 is 0 Å². The normalized spacial score (nSPS) is 16.4. The van der Waals surface area contributed by atoms with Gasteiger partial charge in [0.15, 0.2) is 0 Å². The van der Waals surface area contributed by atoms with Crippen LogP contribution in [0.4, 0.5) is 5.69 Å². The summed E-state index contributed by atoms with van der Waals surface area (Å²) in [5.41, 5.74) is 3.63. The quantitative estimate of drug-likeness (QED) is 0.857. The summed E-state index contributed by atoms with van der Waals surface area (Å²) in [6.45, 7) is 3.76. The Morgan fingerprint density at radius 1 is 1.00 bits per heavy atom. The molecular weight excluding hydrogens is 338 g/mol. The highest BCUT2D eigenvalue weighted by atomic mass is 32.2. The second-order valence-corrected chi connectivity index (χ2v) is 7.37. The molecule has 0 saturated heterocycles. The van der Waals surface area contributed by atoms with E-state index in [1.54, 1.807) is 13.0 Å². The van der Waals surface area contributed by atoms with E-state index < -0.39 is 10.0 Å². The minimum atomic E-state index is -3.77. The van der Waals surface area contributed by atoms with Crippen LogP contribution in [0.5, 0.6) is 0 Å². The van der Waals surface area contributed by atoms with Crippen LogP contribution in [0.25, 0.3) is 6.08 Å². The Morgan fingerprint density at radius 2 is 1.60 bits per heavy atom. The Kier molecular flexibility index (Phi) is 4.28. The van der Waals surface area contributed by atoms with Gasteiger partial charge in [-0.3, -0.25) is 4.79 Å². The monoisotopic (exact) mass is 355 g/mol. The fourth-order valence-electron chi connectivity index (χ4n) is 2.47. The molecule has 1 aliphatic heterocycles. The maximum Gasteiger partial charge on any atom is 0.280 e. The molecule has 0 bridgehead atoms. The summed E-state index contributed by atoms with van der Waals surface area (Å²) in [7, 11) is -3.77. The second-order valence-electron chi connectivity index (χ2n) is 5.81. The predicted molar refractivity (Wildman–Crippen MR) is 97.6 cm³/mol. The molecule has 0 aliphatic carbocycles. The number of hydrogen-bond acceptors (Lipinski definition) is 4. The summed E-state index contributed by atoms with van der Waals surface area (Å²) in [6.07, 6.45) is 1.79. The topological polar surface area (TPSA) is 92.8 Å². The van der Waals surface area contributed by atoms with Crippen LogP contribution in [0.1, 0.15) is 18.1 Å². The van der Waals surface area contributed by atoms with E-state index >= 15 is 0 Å². The van der Waals surface area contributed by atoms with E-state index in [1.165, 1.54) is 29.3 Å². The van der Waals surface area contributed by atoms with E-state index in [2.05, 4.69) is 5.10 Å². The van der Waals surface area contributed by atoms with Crippen molar-refractivity contribution in [1.82, 2.24) is 0 Å². The van der Waals surface area contributed by atoms with Gasteiger partial charge in [0, 0.05) is 0 Å². The lowest BCUT2D eigenvalue weighted by Crippen LogP contribution is -2.21. The molecule has 0 saturated carbocycles. The minimum absolute atomic E-state index is 0.0148. The number of anilines is 1. The van der Waals surface area contributed by atoms with Crippen molar-refractivity contribution in [2.75, 3.05) is 5.01 Å². The van der Waals surface area contributed by atoms with Gasteiger partial charge in [-0.15, -0.1) is 0 Å². The number of amides is 1. The lowest BCUT2D eigenvalue weighted by Gasteiger charge is -2.12. The molecule has 0 aromatic heterocycles. The Hall–Kier alpha value is -2.77. The van der Waals surface area contributed by atoms with Gasteiger partial charge in [0.25, 0.3) is 5.91 Å². The van der Waals surface area contributed by atoms with Crippen molar-refractivity contribution >= 4 is 33.4 Å². The fourth-order valence-corrected chi connectivity index (χ4v) is 2.98. The molecule has 1 amide bonds. The highest BCUT2D eigenvalue weighted by Gasteiger charge is 2.28. The number of nitrogens with zero attached hydrogens (tertiary/aromatic N) is 2. The predicted octanol–water partition coefficient (Wildman–Crippen LogP) is 2.45. The van der Waals surface area contributed by atoms with Gasteiger partial charge in [-0.2, -0.15) is 10.1 Å². The summed E-state index contributed by atoms with van der Waals surface area (Å²) in [5.74, 6) is -0.263. The van der Waals surface area contributed by atoms with E-state index in [4.69, 9.17) is 5.14 Å². The van der Waals surface area contributed by atoms with Gasteiger partial charge in [0.2, 0.25) is 10.0 Å². The molecule has 2 aromatic rings. The third-order valence-corrected chi connectivity index (χ3v) is 4.79. The van der Waals surface area contributed by atoms with E-state index in [-0.39, 0.29) is 10.8 Å². The smallest absolute Gasteiger partial charge is 0.267 e. The van der Waals surface area contributed by atoms with Crippen molar-refractivity contribution in [2.45, 2.75) is 18.7 Å². The van der Waals surface area contributed by atoms with Crippen LogP contribution in [-0.2, 0) is 14.8 Å². The molecule has 1 heterocycles. The molecule has 3 rings (SSSR count). The maximum atomic E-state index is 12.7. The van der Waals surface area contributed by atoms with Crippen LogP contribution in [0.2, 0.25) is 0 Å². The fraction of sp³-hybridized carbons (Fsp3) is 0.111. The molecule has 6 nitrogen and oxygen atoms in total. The van der Waals surface area contributed by atoms with Gasteiger partial charge in [0.05, 0.1) is 21.9 Å². The number of hydrogen-bond donors (Lipinski definition) is 1. The molecule has 2 N–H and O–H groups in total. The Bertz CT molecular complexity index is 989. The van der Waals surface area contributed by atoms with Crippen LogP contribution in [0.15, 0.2) is 64.1 Å². The first-order valence-electron chi connectivity index (χ1n) is 7.57. The molecule has 0 atom stereocenters. The zero-order chi connectivity index (χ0) is 18.2. The highest BCUT2D eigenvalue weighted by Crippen LogP contribution is 2.26. The third-order valence-electron chi connectivity index (χ3n) is 3.86. The summed E-state index contributed by atoms with van der Waals surface area (Å²) < 4.78 is 22.6. The van der Waals surface area contributed by atoms with Crippen molar-refractivity contribution in [2.24, 2.45) is 10.2 Å². The van der Waals surface area contributed by atoms with Gasteiger partial charge in [0.1, 0.15) is 0 Å². The number of rotatable bonds is 3. The number of carbonyl (C=O) groups is 1. The Labute approximate surface area is 146 Å². The summed E-state index contributed by atoms with van der Waals surface area (Å²) in [5, 5.41) is 10.6.